The van der Waals surface area contributed by atoms with Gasteiger partial charge in [0, 0.05) is 29.6 Å². The fourth-order valence-electron chi connectivity index (χ4n) is 14.5. The first-order chi connectivity index (χ1) is 34.8. The van der Waals surface area contributed by atoms with Crippen LogP contribution in [0.15, 0.2) is 78.9 Å². The molecule has 0 amide bonds. The van der Waals surface area contributed by atoms with Crippen molar-refractivity contribution < 1.29 is 49.4 Å². The number of carbonyl (C=O) groups is 2. The van der Waals surface area contributed by atoms with Gasteiger partial charge in [0.1, 0.15) is 24.3 Å². The third-order valence-electron chi connectivity index (χ3n) is 18.4. The predicted octanol–water partition coefficient (Wildman–Crippen LogP) is 11.5. The van der Waals surface area contributed by atoms with Crippen LogP contribution in [-0.4, -0.2) is 86.0 Å². The average molecular weight is 1060 g/mol. The van der Waals surface area contributed by atoms with E-state index in [1.807, 2.05) is 0 Å². The molecule has 15 heteroatoms. The minimum atomic E-state index is -1.63. The van der Waals surface area contributed by atoms with Gasteiger partial charge in [-0.1, -0.05) is 132 Å². The van der Waals surface area contributed by atoms with E-state index in [9.17, 15) is 39.9 Å². The molecular weight excluding hydrogens is 984 g/mol. The quantitative estimate of drug-likeness (QED) is 0.0468. The second-order valence-corrected chi connectivity index (χ2v) is 23.9. The Hall–Kier alpha value is -3.29. The molecular formula is C59H74B2Cl2NaO10. The van der Waals surface area contributed by atoms with Gasteiger partial charge in [0.2, 0.25) is 0 Å². The number of carboxylic acid groups (broad SMARTS) is 2. The molecule has 9 atom stereocenters. The number of allylic oxidation sites excluding steroid dienone is 1. The second-order valence-electron chi connectivity index (χ2n) is 23.1. The molecule has 8 rings (SSSR count). The van der Waals surface area contributed by atoms with Gasteiger partial charge in [0.05, 0.1) is 10.0 Å². The average Bonchev–Trinajstić information content (AvgIpc) is 3.71. The van der Waals surface area contributed by atoms with Crippen molar-refractivity contribution >= 4 is 95.4 Å². The van der Waals surface area contributed by atoms with Gasteiger partial charge in [-0.25, -0.2) is 9.59 Å². The van der Waals surface area contributed by atoms with E-state index in [-0.39, 0.29) is 75.4 Å². The molecule has 4 aromatic carbocycles. The summed E-state index contributed by atoms with van der Waals surface area (Å²) in [6, 6.07) is 19.0. The molecule has 0 aromatic heterocycles. The van der Waals surface area contributed by atoms with Gasteiger partial charge < -0.3 is 39.8 Å². The van der Waals surface area contributed by atoms with Gasteiger partial charge in [0.15, 0.2) is 11.5 Å². The largest absolute Gasteiger partial charge is 0.488 e. The van der Waals surface area contributed by atoms with Crippen LogP contribution in [-0.2, 0) is 13.2 Å². The van der Waals surface area contributed by atoms with Crippen molar-refractivity contribution in [2.24, 2.45) is 58.2 Å². The Morgan fingerprint density at radius 3 is 1.70 bits per heavy atom. The fraction of sp³-hybridized carbons (Fsp3) is 0.525. The number of ether oxygens (including phenoxy) is 2. The van der Waals surface area contributed by atoms with Crippen molar-refractivity contribution in [3.05, 3.63) is 122 Å². The Morgan fingerprint density at radius 1 is 0.689 bits per heavy atom. The number of hydrogen-bond donors (Lipinski definition) is 6. The fourth-order valence-corrected chi connectivity index (χ4v) is 15.0. The van der Waals surface area contributed by atoms with E-state index in [0.717, 1.165) is 48.3 Å². The smallest absolute Gasteiger partial charge is 0.486 e. The molecule has 0 aliphatic heterocycles. The first-order valence-corrected chi connectivity index (χ1v) is 27.5. The van der Waals surface area contributed by atoms with E-state index in [0.29, 0.717) is 67.8 Å². The zero-order valence-corrected chi connectivity index (χ0v) is 47.7. The predicted molar refractivity (Wildman–Crippen MR) is 297 cm³/mol. The van der Waals surface area contributed by atoms with Crippen molar-refractivity contribution in [2.75, 3.05) is 0 Å². The van der Waals surface area contributed by atoms with Crippen LogP contribution < -0.4 is 20.4 Å². The van der Waals surface area contributed by atoms with E-state index in [1.54, 1.807) is 60.7 Å². The zero-order chi connectivity index (χ0) is 52.4. The summed E-state index contributed by atoms with van der Waals surface area (Å²) in [5.41, 5.74) is 3.80. The molecule has 0 bridgehead atoms. The number of hydrogen-bond acceptors (Lipinski definition) is 8. The molecule has 0 saturated heterocycles. The van der Waals surface area contributed by atoms with Crippen molar-refractivity contribution in [3.63, 3.8) is 0 Å². The molecule has 4 aliphatic carbocycles. The van der Waals surface area contributed by atoms with Crippen LogP contribution in [0.4, 0.5) is 0 Å². The van der Waals surface area contributed by atoms with Crippen LogP contribution in [0.5, 0.6) is 11.5 Å². The first-order valence-electron chi connectivity index (χ1n) is 26.8. The third-order valence-corrected chi connectivity index (χ3v) is 19.0. The molecule has 1 unspecified atom stereocenters. The molecule has 6 N–H and O–H groups in total. The molecule has 0 heterocycles. The van der Waals surface area contributed by atoms with Gasteiger partial charge in [-0.3, -0.25) is 0 Å². The zero-order valence-electron chi connectivity index (χ0n) is 44.2. The Bertz CT molecular complexity index is 2500. The van der Waals surface area contributed by atoms with Crippen molar-refractivity contribution in [1.29, 1.82) is 0 Å². The van der Waals surface area contributed by atoms with Crippen molar-refractivity contribution in [3.8, 4) is 11.5 Å². The molecule has 4 saturated carbocycles. The summed E-state index contributed by atoms with van der Waals surface area (Å²) in [5.74, 6) is 3.44. The number of aromatic carboxylic acids is 2. The van der Waals surface area contributed by atoms with Crippen LogP contribution in [0.25, 0.3) is 5.57 Å². The van der Waals surface area contributed by atoms with Crippen LogP contribution in [0.1, 0.15) is 167 Å². The van der Waals surface area contributed by atoms with E-state index in [2.05, 4.69) is 40.7 Å². The maximum atomic E-state index is 13.0. The number of carboxylic acids is 2. The SMILES string of the molecule is CC(C)CCCC(C)[C@H]1CC[C@H]2[C@@H]3CC[C@H]4C[C@@H](CCC=C(c5cc(Cl)c(OCc6ccc(B(O)O)cc6)c(C(=O)O)c5)c5cc(Cl)c(OCc6ccc(B(O)O)cc6)c(C(=O)O)c5)CC[C@]4(C)[C@H]3CC[C@]12C.[Na]. The summed E-state index contributed by atoms with van der Waals surface area (Å²) in [6.45, 7) is 12.5. The number of halogens is 2. The first kappa shape index (κ1) is 58.4. The topological polar surface area (TPSA) is 174 Å². The van der Waals surface area contributed by atoms with Crippen LogP contribution in [0.3, 0.4) is 0 Å². The van der Waals surface area contributed by atoms with Gasteiger partial charge in [0.25, 0.3) is 0 Å². The van der Waals surface area contributed by atoms with E-state index in [1.165, 1.54) is 82.8 Å². The van der Waals surface area contributed by atoms with Gasteiger partial charge in [-0.2, -0.15) is 0 Å². The molecule has 4 fully saturated rings. The standard InChI is InChI=1S/C59H74B2Cl2O10.Na/c1-35(2)8-6-9-36(3)49-22-23-50-46-21-16-42-28-37(24-26-58(42,4)51(46)25-27-59(49,50)5)10-7-11-45(40-29-47(56(64)65)54(52(62)31-40)72-33-38-12-17-43(18-13-38)60(68)69)41-30-48(57(66)67)55(53(63)32-41)73-34-39-14-19-44(20-15-39)61(70)71;/h11-15,17-20,29-32,35-37,42,46,49-51,68-71H,6-10,16,21-28,33-34H2,1-5H3,(H,64,65)(H,66,67);/t36?,37-,42-,46-,49+,50-,51-,58-,59+;/m0./s1. The molecule has 4 aromatic rings. The summed E-state index contributed by atoms with van der Waals surface area (Å²) in [5, 5.41) is 59.3. The van der Waals surface area contributed by atoms with Crippen LogP contribution >= 0.6 is 23.2 Å². The number of benzene rings is 4. The Kier molecular flexibility index (Phi) is 19.7. The molecule has 0 spiro atoms. The molecule has 4 aliphatic rings. The maximum Gasteiger partial charge on any atom is 0.488 e. The van der Waals surface area contributed by atoms with Gasteiger partial charge in [-0.15, -0.1) is 0 Å². The number of rotatable bonds is 20. The van der Waals surface area contributed by atoms with E-state index >= 15 is 0 Å². The summed E-state index contributed by atoms with van der Waals surface area (Å²) in [7, 11) is -3.27. The van der Waals surface area contributed by atoms with Gasteiger partial charge in [-0.05, 0) is 192 Å². The maximum absolute atomic E-state index is 13.0. The Balaban J connectivity index is 0.00000800. The van der Waals surface area contributed by atoms with Crippen LogP contribution in [0.2, 0.25) is 10.0 Å². The minimum absolute atomic E-state index is 0. The Morgan fingerprint density at radius 2 is 1.20 bits per heavy atom. The third kappa shape index (κ3) is 12.8. The molecule has 1 radical (unpaired) electrons. The molecule has 391 valence electrons. The number of fused-ring (bicyclic) bond motifs is 5. The minimum Gasteiger partial charge on any atom is -0.486 e. The molecule has 74 heavy (non-hydrogen) atoms. The second kappa shape index (κ2) is 25.0. The summed E-state index contributed by atoms with van der Waals surface area (Å²) < 4.78 is 12.1. The summed E-state index contributed by atoms with van der Waals surface area (Å²) >= 11 is 13.9. The monoisotopic (exact) mass is 1060 g/mol. The summed E-state index contributed by atoms with van der Waals surface area (Å²) in [6.07, 6.45) is 19.4. The van der Waals surface area contributed by atoms with Gasteiger partial charge >= 0.3 is 26.2 Å². The normalized spacial score (nSPS) is 25.4. The van der Waals surface area contributed by atoms with E-state index in [4.69, 9.17) is 32.7 Å². The van der Waals surface area contributed by atoms with Crippen LogP contribution in [0, 0.1) is 58.2 Å². The summed E-state index contributed by atoms with van der Waals surface area (Å²) in [4.78, 5) is 25.9. The van der Waals surface area contributed by atoms with E-state index < -0.39 is 26.2 Å². The van der Waals surface area contributed by atoms with Crippen molar-refractivity contribution in [1.82, 2.24) is 0 Å². The molecule has 10 nitrogen and oxygen atoms in total. The van der Waals surface area contributed by atoms with Crippen molar-refractivity contribution in [2.45, 2.75) is 138 Å². The Labute approximate surface area is 471 Å².